The molecule has 1 aliphatic heterocycles. The van der Waals surface area contributed by atoms with Crippen molar-refractivity contribution in [2.24, 2.45) is 0 Å². The van der Waals surface area contributed by atoms with E-state index in [4.69, 9.17) is 0 Å². The maximum absolute atomic E-state index is 13.0. The van der Waals surface area contributed by atoms with E-state index in [1.807, 2.05) is 30.9 Å². The number of carbonyl (C=O) groups excluding carboxylic acids is 1. The van der Waals surface area contributed by atoms with E-state index in [-0.39, 0.29) is 24.1 Å². The fourth-order valence-electron chi connectivity index (χ4n) is 3.49. The minimum absolute atomic E-state index is 0.00707. The summed E-state index contributed by atoms with van der Waals surface area (Å²) in [5, 5.41) is 3.95. The molecule has 0 spiro atoms. The average molecular weight is 383 g/mol. The van der Waals surface area contributed by atoms with Crippen molar-refractivity contribution in [2.45, 2.75) is 26.4 Å². The molecule has 1 N–H and O–H groups in total. The number of carbonyl (C=O) groups is 1. The normalized spacial score (nSPS) is 17.4. The summed E-state index contributed by atoms with van der Waals surface area (Å²) in [7, 11) is 0. The lowest BCUT2D eigenvalue weighted by atomic mass is 10.1. The summed E-state index contributed by atoms with van der Waals surface area (Å²) in [6.45, 7) is 5.91. The highest BCUT2D eigenvalue weighted by Crippen LogP contribution is 2.26. The minimum atomic E-state index is -0.150. The zero-order chi connectivity index (χ0) is 19.0. The van der Waals surface area contributed by atoms with Gasteiger partial charge >= 0.3 is 0 Å². The summed E-state index contributed by atoms with van der Waals surface area (Å²) in [6, 6.07) is 3.76. The number of amides is 1. The number of aromatic nitrogens is 3. The van der Waals surface area contributed by atoms with Gasteiger partial charge in [0.05, 0.1) is 17.8 Å². The van der Waals surface area contributed by atoms with Gasteiger partial charge in [0.15, 0.2) is 0 Å². The van der Waals surface area contributed by atoms with Gasteiger partial charge in [-0.15, -0.1) is 11.3 Å². The van der Waals surface area contributed by atoms with Crippen molar-refractivity contribution in [1.29, 1.82) is 0 Å². The fraction of sp³-hybridized carbons (Fsp3) is 0.368. The van der Waals surface area contributed by atoms with Crippen LogP contribution in [0.2, 0.25) is 0 Å². The Morgan fingerprint density at radius 1 is 1.41 bits per heavy atom. The summed E-state index contributed by atoms with van der Waals surface area (Å²) in [4.78, 5) is 38.1. The van der Waals surface area contributed by atoms with Gasteiger partial charge in [0, 0.05) is 36.9 Å². The molecular formula is C19H21N5O2S. The second-order valence-corrected chi connectivity index (χ2v) is 7.94. The van der Waals surface area contributed by atoms with Gasteiger partial charge in [0.1, 0.15) is 11.4 Å². The third-order valence-electron chi connectivity index (χ3n) is 5.09. The predicted octanol–water partition coefficient (Wildman–Crippen LogP) is 1.64. The van der Waals surface area contributed by atoms with E-state index in [0.717, 1.165) is 27.4 Å². The van der Waals surface area contributed by atoms with Crippen molar-refractivity contribution in [1.82, 2.24) is 24.8 Å². The van der Waals surface area contributed by atoms with E-state index in [1.165, 1.54) is 22.2 Å². The molecule has 1 amide bonds. The molecule has 1 saturated heterocycles. The molecule has 1 unspecified atom stereocenters. The molecule has 27 heavy (non-hydrogen) atoms. The number of aryl methyl sites for hydroxylation is 2. The van der Waals surface area contributed by atoms with Crippen LogP contribution in [-0.2, 0) is 11.3 Å². The van der Waals surface area contributed by atoms with Crippen LogP contribution in [0.4, 0.5) is 0 Å². The molecule has 0 aromatic carbocycles. The first-order valence-electron chi connectivity index (χ1n) is 8.91. The van der Waals surface area contributed by atoms with Gasteiger partial charge in [-0.1, -0.05) is 6.07 Å². The molecule has 0 bridgehead atoms. The van der Waals surface area contributed by atoms with Crippen LogP contribution in [0.15, 0.2) is 35.6 Å². The predicted molar refractivity (Wildman–Crippen MR) is 105 cm³/mol. The number of nitrogens with zero attached hydrogens (tertiary/aromatic N) is 4. The highest BCUT2D eigenvalue weighted by molar-refractivity contribution is 7.18. The first-order chi connectivity index (χ1) is 13.1. The average Bonchev–Trinajstić information content (AvgIpc) is 2.99. The van der Waals surface area contributed by atoms with E-state index in [0.29, 0.717) is 18.5 Å². The standard InChI is InChI=1S/C19H21N5O2S/c1-12-13(2)27-18-17(12)19(26)23(11-22-18)10-16(25)24-7-6-21-9-15(24)14-4-3-5-20-8-14/h3-5,8,11,15,21H,6-7,9-10H2,1-2H3. The summed E-state index contributed by atoms with van der Waals surface area (Å²) in [6.07, 6.45) is 4.99. The van der Waals surface area contributed by atoms with Crippen LogP contribution in [0.25, 0.3) is 10.2 Å². The number of hydrogen-bond acceptors (Lipinski definition) is 6. The lowest BCUT2D eigenvalue weighted by molar-refractivity contribution is -0.135. The largest absolute Gasteiger partial charge is 0.331 e. The molecule has 8 heteroatoms. The molecular weight excluding hydrogens is 362 g/mol. The fourth-order valence-corrected chi connectivity index (χ4v) is 4.48. The maximum atomic E-state index is 13.0. The van der Waals surface area contributed by atoms with E-state index < -0.39 is 0 Å². The van der Waals surface area contributed by atoms with Crippen LogP contribution in [-0.4, -0.2) is 45.0 Å². The Kier molecular flexibility index (Phi) is 4.75. The van der Waals surface area contributed by atoms with E-state index in [9.17, 15) is 9.59 Å². The molecule has 1 aliphatic rings. The molecule has 1 atom stereocenters. The Balaban J connectivity index is 1.63. The third kappa shape index (κ3) is 3.26. The molecule has 3 aromatic heterocycles. The van der Waals surface area contributed by atoms with E-state index >= 15 is 0 Å². The van der Waals surface area contributed by atoms with E-state index in [2.05, 4.69) is 15.3 Å². The minimum Gasteiger partial charge on any atom is -0.331 e. The monoisotopic (exact) mass is 383 g/mol. The lowest BCUT2D eigenvalue weighted by Gasteiger charge is -2.36. The van der Waals surface area contributed by atoms with Crippen molar-refractivity contribution in [3.05, 3.63) is 57.2 Å². The number of hydrogen-bond donors (Lipinski definition) is 1. The van der Waals surface area contributed by atoms with Crippen LogP contribution in [0.1, 0.15) is 22.0 Å². The van der Waals surface area contributed by atoms with Gasteiger partial charge in [-0.2, -0.15) is 0 Å². The quantitative estimate of drug-likeness (QED) is 0.744. The van der Waals surface area contributed by atoms with Crippen molar-refractivity contribution in [3.63, 3.8) is 0 Å². The lowest BCUT2D eigenvalue weighted by Crippen LogP contribution is -2.50. The summed E-state index contributed by atoms with van der Waals surface area (Å²) >= 11 is 1.51. The Labute approximate surface area is 160 Å². The van der Waals surface area contributed by atoms with Crippen LogP contribution in [0.5, 0.6) is 0 Å². The van der Waals surface area contributed by atoms with Gasteiger partial charge in [0.25, 0.3) is 5.56 Å². The first kappa shape index (κ1) is 17.8. The molecule has 3 aromatic rings. The third-order valence-corrected chi connectivity index (χ3v) is 6.21. The van der Waals surface area contributed by atoms with Gasteiger partial charge < -0.3 is 10.2 Å². The molecule has 140 valence electrons. The second kappa shape index (κ2) is 7.21. The second-order valence-electron chi connectivity index (χ2n) is 6.73. The van der Waals surface area contributed by atoms with Gasteiger partial charge in [0.2, 0.25) is 5.91 Å². The highest BCUT2D eigenvalue weighted by Gasteiger charge is 2.28. The van der Waals surface area contributed by atoms with Gasteiger partial charge in [-0.05, 0) is 31.0 Å². The molecule has 7 nitrogen and oxygen atoms in total. The molecule has 0 radical (unpaired) electrons. The maximum Gasteiger partial charge on any atom is 0.262 e. The van der Waals surface area contributed by atoms with Gasteiger partial charge in [-0.3, -0.25) is 19.1 Å². The Bertz CT molecular complexity index is 1040. The molecule has 1 fully saturated rings. The summed E-state index contributed by atoms with van der Waals surface area (Å²) in [5.74, 6) is -0.0850. The van der Waals surface area contributed by atoms with Crippen LogP contribution >= 0.6 is 11.3 Å². The van der Waals surface area contributed by atoms with Crippen LogP contribution in [0.3, 0.4) is 0 Å². The Morgan fingerprint density at radius 2 is 2.26 bits per heavy atom. The SMILES string of the molecule is Cc1sc2ncn(CC(=O)N3CCNCC3c3cccnc3)c(=O)c2c1C. The molecule has 4 heterocycles. The topological polar surface area (TPSA) is 80.1 Å². The van der Waals surface area contributed by atoms with E-state index in [1.54, 1.807) is 12.4 Å². The van der Waals surface area contributed by atoms with Crippen molar-refractivity contribution >= 4 is 27.5 Å². The number of nitrogens with one attached hydrogen (secondary N) is 1. The number of pyridine rings is 1. The zero-order valence-corrected chi connectivity index (χ0v) is 16.1. The molecule has 0 saturated carbocycles. The summed E-state index contributed by atoms with van der Waals surface area (Å²) < 4.78 is 1.42. The van der Waals surface area contributed by atoms with Crippen molar-refractivity contribution in [2.75, 3.05) is 19.6 Å². The van der Waals surface area contributed by atoms with Crippen molar-refractivity contribution < 1.29 is 4.79 Å². The number of rotatable bonds is 3. The first-order valence-corrected chi connectivity index (χ1v) is 9.73. The highest BCUT2D eigenvalue weighted by atomic mass is 32.1. The zero-order valence-electron chi connectivity index (χ0n) is 15.3. The van der Waals surface area contributed by atoms with Crippen molar-refractivity contribution in [3.8, 4) is 0 Å². The van der Waals surface area contributed by atoms with Crippen LogP contribution < -0.4 is 10.9 Å². The van der Waals surface area contributed by atoms with Crippen LogP contribution in [0, 0.1) is 13.8 Å². The Hall–Kier alpha value is -2.58. The number of fused-ring (bicyclic) bond motifs is 1. The number of thiophene rings is 1. The summed E-state index contributed by atoms with van der Waals surface area (Å²) in [5.41, 5.74) is 1.79. The number of piperazine rings is 1. The van der Waals surface area contributed by atoms with Gasteiger partial charge in [-0.25, -0.2) is 4.98 Å². The Morgan fingerprint density at radius 3 is 3.04 bits per heavy atom. The molecule has 4 rings (SSSR count). The smallest absolute Gasteiger partial charge is 0.262 e. The molecule has 0 aliphatic carbocycles.